The lowest BCUT2D eigenvalue weighted by Gasteiger charge is -2.34. The summed E-state index contributed by atoms with van der Waals surface area (Å²) < 4.78 is 98.8. The summed E-state index contributed by atoms with van der Waals surface area (Å²) in [5.74, 6) is 0.591. The summed E-state index contributed by atoms with van der Waals surface area (Å²) in [6, 6.07) is 0. The van der Waals surface area contributed by atoms with Crippen LogP contribution in [0.25, 0.3) is 22.6 Å². The lowest BCUT2D eigenvalue weighted by molar-refractivity contribution is -0.139. The molecule has 0 saturated carbocycles. The van der Waals surface area contributed by atoms with E-state index in [2.05, 4.69) is 24.9 Å². The van der Waals surface area contributed by atoms with E-state index in [1.807, 2.05) is 4.90 Å². The van der Waals surface area contributed by atoms with E-state index in [-0.39, 0.29) is 55.1 Å². The molecule has 0 aromatic carbocycles. The van der Waals surface area contributed by atoms with Gasteiger partial charge in [-0.15, -0.1) is 0 Å². The molecule has 16 nitrogen and oxygen atoms in total. The molecular weight excluding hydrogens is 609 g/mol. The monoisotopic (exact) mass is 638 g/mol. The van der Waals surface area contributed by atoms with Crippen molar-refractivity contribution in [2.75, 3.05) is 80.5 Å². The third kappa shape index (κ3) is 8.12. The zero-order chi connectivity index (χ0) is 30.9. The maximum absolute atomic E-state index is 13.8. The number of sulfonamides is 1. The first-order chi connectivity index (χ1) is 19.5. The number of nitrogens with zero attached hydrogens (tertiary/aromatic N) is 9. The fourth-order valence-electron chi connectivity index (χ4n) is 4.34. The highest BCUT2D eigenvalue weighted by Gasteiger charge is 2.35. The first kappa shape index (κ1) is 31.5. The van der Waals surface area contributed by atoms with Crippen LogP contribution in [0.1, 0.15) is 0 Å². The number of piperazine rings is 1. The van der Waals surface area contributed by atoms with Crippen molar-refractivity contribution in [3.05, 3.63) is 12.4 Å². The predicted molar refractivity (Wildman–Crippen MR) is 146 cm³/mol. The van der Waals surface area contributed by atoms with Crippen LogP contribution in [0.4, 0.5) is 30.9 Å². The van der Waals surface area contributed by atoms with E-state index in [0.717, 1.165) is 10.8 Å². The van der Waals surface area contributed by atoms with Gasteiger partial charge < -0.3 is 20.3 Å². The second kappa shape index (κ2) is 12.1. The third-order valence-electron chi connectivity index (χ3n) is 6.12. The highest BCUT2D eigenvalue weighted by molar-refractivity contribution is 7.88. The van der Waals surface area contributed by atoms with Gasteiger partial charge in [0.1, 0.15) is 6.54 Å². The predicted octanol–water partition coefficient (Wildman–Crippen LogP) is -0.150. The lowest BCUT2D eigenvalue weighted by Crippen LogP contribution is -2.49. The van der Waals surface area contributed by atoms with E-state index in [4.69, 9.17) is 15.0 Å². The topological polar surface area (TPSA) is 203 Å². The van der Waals surface area contributed by atoms with Crippen LogP contribution in [0.2, 0.25) is 0 Å². The first-order valence-corrected chi connectivity index (χ1v) is 16.1. The van der Waals surface area contributed by atoms with E-state index >= 15 is 0 Å². The van der Waals surface area contributed by atoms with Gasteiger partial charge in [-0.25, -0.2) is 33.3 Å². The normalized spacial score (nSPS) is 17.3. The molecule has 2 saturated heterocycles. The molecule has 2 aliphatic heterocycles. The molecule has 2 fully saturated rings. The molecule has 0 unspecified atom stereocenters. The Morgan fingerprint density at radius 1 is 0.929 bits per heavy atom. The molecule has 3 N–H and O–H groups in total. The van der Waals surface area contributed by atoms with Gasteiger partial charge >= 0.3 is 6.18 Å². The van der Waals surface area contributed by atoms with E-state index in [1.165, 1.54) is 16.7 Å². The number of ether oxygens (including phenoxy) is 1. The number of fused-ring (bicyclic) bond motifs is 1. The quantitative estimate of drug-likeness (QED) is 0.349. The van der Waals surface area contributed by atoms with Crippen LogP contribution in [0, 0.1) is 0 Å². The minimum Gasteiger partial charge on any atom is -0.378 e. The summed E-state index contributed by atoms with van der Waals surface area (Å²) in [5, 5.41) is 0. The van der Waals surface area contributed by atoms with E-state index < -0.39 is 32.9 Å². The average molecular weight is 639 g/mol. The molecular formula is C21H29F3N10O6S2. The second-order valence-electron chi connectivity index (χ2n) is 9.47. The molecule has 0 radical (unpaired) electrons. The van der Waals surface area contributed by atoms with Crippen LogP contribution in [0.3, 0.4) is 0 Å². The Labute approximate surface area is 239 Å². The number of alkyl halides is 3. The smallest absolute Gasteiger partial charge is 0.378 e. The number of imidazole rings is 1. The molecule has 21 heteroatoms. The average Bonchev–Trinajstić information content (AvgIpc) is 3.24. The van der Waals surface area contributed by atoms with Gasteiger partial charge in [-0.1, -0.05) is 0 Å². The van der Waals surface area contributed by atoms with Crippen molar-refractivity contribution < 1.29 is 39.3 Å². The second-order valence-corrected chi connectivity index (χ2v) is 12.9. The van der Waals surface area contributed by atoms with Crippen LogP contribution < -0.4 is 15.5 Å². The number of anilines is 3. The van der Waals surface area contributed by atoms with Crippen molar-refractivity contribution in [2.24, 2.45) is 0 Å². The van der Waals surface area contributed by atoms with Crippen molar-refractivity contribution in [2.45, 2.75) is 12.7 Å². The fourth-order valence-corrected chi connectivity index (χ4v) is 5.17. The maximum Gasteiger partial charge on any atom is 0.406 e. The Morgan fingerprint density at radius 2 is 1.50 bits per heavy atom. The lowest BCUT2D eigenvalue weighted by atomic mass is 10.3. The SMILES string of the molecule is CS(=O)(=O)N1CCN(c2nc3c(N4CCOCC4)nc(-c4cnc(N)nc4)nc3n2CC(F)(F)F)CC1.CS(=O)(=O)O. The minimum absolute atomic E-state index is 0.00110. The van der Waals surface area contributed by atoms with Gasteiger partial charge in [0.05, 0.1) is 31.3 Å². The molecule has 3 aromatic rings. The summed E-state index contributed by atoms with van der Waals surface area (Å²) in [7, 11) is -7.08. The number of hydrogen-bond acceptors (Lipinski definition) is 13. The van der Waals surface area contributed by atoms with Crippen LogP contribution >= 0.6 is 0 Å². The Kier molecular flexibility index (Phi) is 9.06. The van der Waals surface area contributed by atoms with Crippen LogP contribution in [-0.4, -0.2) is 126 Å². The van der Waals surface area contributed by atoms with Gasteiger partial charge in [0.2, 0.25) is 21.9 Å². The van der Waals surface area contributed by atoms with Gasteiger partial charge in [0, 0.05) is 51.7 Å². The number of halogens is 3. The fraction of sp³-hybridized carbons (Fsp3) is 0.571. The van der Waals surface area contributed by atoms with Crippen LogP contribution in [0.15, 0.2) is 12.4 Å². The number of morpholine rings is 1. The highest BCUT2D eigenvalue weighted by atomic mass is 32.2. The van der Waals surface area contributed by atoms with Gasteiger partial charge in [-0.05, 0) is 0 Å². The molecule has 5 heterocycles. The molecule has 0 amide bonds. The number of aromatic nitrogens is 6. The van der Waals surface area contributed by atoms with Crippen molar-refractivity contribution in [3.63, 3.8) is 0 Å². The number of rotatable bonds is 5. The van der Waals surface area contributed by atoms with Gasteiger partial charge in [0.15, 0.2) is 22.8 Å². The van der Waals surface area contributed by atoms with E-state index in [0.29, 0.717) is 43.9 Å². The van der Waals surface area contributed by atoms with Gasteiger partial charge in [0.25, 0.3) is 10.1 Å². The standard InChI is InChI=1S/C20H25F3N10O3S.CH4O3S/c1-37(34,35)32-4-2-31(3-5-32)19-27-14-16(30-6-8-36-9-7-30)28-15(13-10-25-18(24)26-11-13)29-17(14)33(19)12-20(21,22)23;1-5(2,3)4/h10-11H,2-9,12H2,1H3,(H2,24,25,26);1H3,(H,2,3,4). The first-order valence-electron chi connectivity index (χ1n) is 12.4. The summed E-state index contributed by atoms with van der Waals surface area (Å²) in [6.45, 7) is 1.07. The Morgan fingerprint density at radius 3 is 2.02 bits per heavy atom. The van der Waals surface area contributed by atoms with Gasteiger partial charge in [-0.3, -0.25) is 9.12 Å². The summed E-state index contributed by atoms with van der Waals surface area (Å²) in [5.41, 5.74) is 6.19. The Bertz CT molecular complexity index is 1610. The molecule has 2 aliphatic rings. The number of nitrogens with two attached hydrogens (primary N) is 1. The summed E-state index contributed by atoms with van der Waals surface area (Å²) in [6.07, 6.45) is 0.0669. The molecule has 0 atom stereocenters. The largest absolute Gasteiger partial charge is 0.406 e. The highest BCUT2D eigenvalue weighted by Crippen LogP contribution is 2.33. The molecule has 0 bridgehead atoms. The molecule has 5 rings (SSSR count). The van der Waals surface area contributed by atoms with E-state index in [9.17, 15) is 30.0 Å². The zero-order valence-electron chi connectivity index (χ0n) is 22.6. The van der Waals surface area contributed by atoms with Crippen molar-refractivity contribution in [1.82, 2.24) is 33.8 Å². The molecule has 0 aliphatic carbocycles. The van der Waals surface area contributed by atoms with Crippen molar-refractivity contribution >= 4 is 49.0 Å². The number of nitrogen functional groups attached to an aromatic ring is 1. The van der Waals surface area contributed by atoms with E-state index in [1.54, 1.807) is 4.90 Å². The molecule has 42 heavy (non-hydrogen) atoms. The maximum atomic E-state index is 13.8. The Balaban J connectivity index is 0.000000748. The van der Waals surface area contributed by atoms with Gasteiger partial charge in [-0.2, -0.15) is 25.9 Å². The molecule has 0 spiro atoms. The van der Waals surface area contributed by atoms with Crippen LogP contribution in [0.5, 0.6) is 0 Å². The zero-order valence-corrected chi connectivity index (χ0v) is 24.2. The number of hydrogen-bond donors (Lipinski definition) is 2. The summed E-state index contributed by atoms with van der Waals surface area (Å²) >= 11 is 0. The third-order valence-corrected chi connectivity index (χ3v) is 7.43. The molecule has 232 valence electrons. The molecule has 3 aromatic heterocycles. The van der Waals surface area contributed by atoms with Crippen molar-refractivity contribution in [3.8, 4) is 11.4 Å². The Hall–Kier alpha value is -3.40. The summed E-state index contributed by atoms with van der Waals surface area (Å²) in [4.78, 5) is 25.1. The van der Waals surface area contributed by atoms with Crippen molar-refractivity contribution in [1.29, 1.82) is 0 Å². The van der Waals surface area contributed by atoms with Crippen LogP contribution in [-0.2, 0) is 31.4 Å². The minimum atomic E-state index is -4.56.